The predicted molar refractivity (Wildman–Crippen MR) is 116 cm³/mol. The number of hydrogen-bond donors (Lipinski definition) is 2. The van der Waals surface area contributed by atoms with Crippen LogP contribution >= 0.6 is 11.3 Å². The highest BCUT2D eigenvalue weighted by atomic mass is 32.1. The van der Waals surface area contributed by atoms with E-state index >= 15 is 0 Å². The Morgan fingerprint density at radius 1 is 0.966 bits per heavy atom. The lowest BCUT2D eigenvalue weighted by Crippen LogP contribution is -2.11. The number of ether oxygens (including phenoxy) is 1. The Morgan fingerprint density at radius 3 is 2.24 bits per heavy atom. The summed E-state index contributed by atoms with van der Waals surface area (Å²) in [5.41, 5.74) is 2.93. The summed E-state index contributed by atoms with van der Waals surface area (Å²) in [4.78, 5) is 18.3. The number of aromatic hydroxyl groups is 1. The highest BCUT2D eigenvalue weighted by molar-refractivity contribution is 7.17. The largest absolute Gasteiger partial charge is 0.504 e. The molecule has 144 valence electrons. The van der Waals surface area contributed by atoms with E-state index in [1.165, 1.54) is 24.5 Å². The summed E-state index contributed by atoms with van der Waals surface area (Å²) in [5, 5.41) is 13.6. The van der Waals surface area contributed by atoms with Crippen molar-refractivity contribution in [1.29, 1.82) is 0 Å². The van der Waals surface area contributed by atoms with E-state index in [1.54, 1.807) is 12.1 Å². The molecule has 4 rings (SSSR count). The summed E-state index contributed by atoms with van der Waals surface area (Å²) in [6.07, 6.45) is 0. The molecule has 0 saturated heterocycles. The zero-order valence-electron chi connectivity index (χ0n) is 15.6. The molecule has 0 radical (unpaired) electrons. The van der Waals surface area contributed by atoms with Gasteiger partial charge in [-0.3, -0.25) is 4.79 Å². The quantitative estimate of drug-likeness (QED) is 0.466. The van der Waals surface area contributed by atoms with Gasteiger partial charge in [0.15, 0.2) is 11.5 Å². The summed E-state index contributed by atoms with van der Waals surface area (Å²) in [6.45, 7) is 0. The summed E-state index contributed by atoms with van der Waals surface area (Å²) in [5.74, 6) is 0.0214. The van der Waals surface area contributed by atoms with Crippen molar-refractivity contribution in [1.82, 2.24) is 4.98 Å². The van der Waals surface area contributed by atoms with E-state index in [-0.39, 0.29) is 11.7 Å². The first-order chi connectivity index (χ1) is 14.2. The van der Waals surface area contributed by atoms with Crippen molar-refractivity contribution in [2.24, 2.45) is 0 Å². The third-order valence-corrected chi connectivity index (χ3v) is 5.44. The van der Waals surface area contributed by atoms with Crippen LogP contribution in [0.1, 0.15) is 9.67 Å². The average Bonchev–Trinajstić information content (AvgIpc) is 3.21. The van der Waals surface area contributed by atoms with Crippen molar-refractivity contribution < 1.29 is 14.6 Å². The number of nitrogens with one attached hydrogen (secondary N) is 1. The van der Waals surface area contributed by atoms with Crippen LogP contribution in [0.5, 0.6) is 11.5 Å². The van der Waals surface area contributed by atoms with Crippen LogP contribution in [0.25, 0.3) is 21.8 Å². The Hall–Kier alpha value is -3.64. The smallest absolute Gasteiger partial charge is 0.268 e. The molecule has 0 saturated carbocycles. The van der Waals surface area contributed by atoms with E-state index in [9.17, 15) is 9.90 Å². The number of aromatic nitrogens is 1. The second-order valence-corrected chi connectivity index (χ2v) is 7.27. The first-order valence-corrected chi connectivity index (χ1v) is 9.77. The number of anilines is 1. The number of phenolic OH excluding ortho intramolecular Hbond substituents is 1. The Bertz CT molecular complexity index is 1140. The molecule has 5 nitrogen and oxygen atoms in total. The standard InChI is InChI=1S/C23H18N2O3S/c1-28-19-13-12-17(14-18(19)26)24-22(27)21-20(15-8-4-2-5-9-15)25-23(29-21)16-10-6-3-7-11-16/h2-14,26H,1H3,(H,24,27). The fourth-order valence-electron chi connectivity index (χ4n) is 2.93. The molecule has 0 aliphatic carbocycles. The topological polar surface area (TPSA) is 71.5 Å². The molecule has 0 fully saturated rings. The maximum Gasteiger partial charge on any atom is 0.268 e. The molecular weight excluding hydrogens is 384 g/mol. The van der Waals surface area contributed by atoms with Crippen LogP contribution in [0, 0.1) is 0 Å². The van der Waals surface area contributed by atoms with Crippen molar-refractivity contribution in [2.45, 2.75) is 0 Å². The highest BCUT2D eigenvalue weighted by Gasteiger charge is 2.20. The molecule has 0 atom stereocenters. The predicted octanol–water partition coefficient (Wildman–Crippen LogP) is 5.44. The zero-order valence-corrected chi connectivity index (χ0v) is 16.4. The number of rotatable bonds is 5. The van der Waals surface area contributed by atoms with Gasteiger partial charge in [-0.25, -0.2) is 4.98 Å². The number of carbonyl (C=O) groups is 1. The van der Waals surface area contributed by atoms with E-state index in [0.717, 1.165) is 16.1 Å². The number of carbonyl (C=O) groups excluding carboxylic acids is 1. The molecule has 2 N–H and O–H groups in total. The van der Waals surface area contributed by atoms with E-state index in [0.29, 0.717) is 22.0 Å². The van der Waals surface area contributed by atoms with Gasteiger partial charge in [0.2, 0.25) is 0 Å². The van der Waals surface area contributed by atoms with Crippen LogP contribution < -0.4 is 10.1 Å². The molecule has 1 aromatic heterocycles. The van der Waals surface area contributed by atoms with Gasteiger partial charge < -0.3 is 15.2 Å². The molecule has 1 heterocycles. The van der Waals surface area contributed by atoms with Gasteiger partial charge in [-0.05, 0) is 12.1 Å². The van der Waals surface area contributed by atoms with Crippen LogP contribution in [0.15, 0.2) is 78.9 Å². The first kappa shape index (κ1) is 18.7. The van der Waals surface area contributed by atoms with Crippen molar-refractivity contribution in [3.63, 3.8) is 0 Å². The van der Waals surface area contributed by atoms with Gasteiger partial charge in [-0.1, -0.05) is 60.7 Å². The van der Waals surface area contributed by atoms with Crippen molar-refractivity contribution in [3.8, 4) is 33.3 Å². The number of amides is 1. The maximum absolute atomic E-state index is 13.1. The molecule has 4 aromatic rings. The highest BCUT2D eigenvalue weighted by Crippen LogP contribution is 2.35. The summed E-state index contributed by atoms with van der Waals surface area (Å²) in [6, 6.07) is 24.1. The number of methoxy groups -OCH3 is 1. The summed E-state index contributed by atoms with van der Waals surface area (Å²) >= 11 is 1.34. The van der Waals surface area contributed by atoms with Crippen molar-refractivity contribution in [2.75, 3.05) is 12.4 Å². The number of hydrogen-bond acceptors (Lipinski definition) is 5. The van der Waals surface area contributed by atoms with Gasteiger partial charge in [-0.2, -0.15) is 0 Å². The minimum atomic E-state index is -0.284. The minimum Gasteiger partial charge on any atom is -0.504 e. The average molecular weight is 402 g/mol. The van der Waals surface area contributed by atoms with Gasteiger partial charge in [0.1, 0.15) is 9.88 Å². The van der Waals surface area contributed by atoms with Crippen LogP contribution in [0.2, 0.25) is 0 Å². The van der Waals surface area contributed by atoms with Crippen LogP contribution in [-0.4, -0.2) is 23.1 Å². The lowest BCUT2D eigenvalue weighted by molar-refractivity contribution is 0.103. The number of nitrogens with zero attached hydrogens (tertiary/aromatic N) is 1. The third-order valence-electron chi connectivity index (χ3n) is 4.34. The van der Waals surface area contributed by atoms with Crippen molar-refractivity contribution >= 4 is 22.9 Å². The number of phenols is 1. The molecule has 0 aliphatic heterocycles. The summed E-state index contributed by atoms with van der Waals surface area (Å²) < 4.78 is 5.05. The lowest BCUT2D eigenvalue weighted by Gasteiger charge is -2.08. The SMILES string of the molecule is COc1ccc(NC(=O)c2sc(-c3ccccc3)nc2-c2ccccc2)cc1O. The van der Waals surface area contributed by atoms with Crippen LogP contribution in [-0.2, 0) is 0 Å². The first-order valence-electron chi connectivity index (χ1n) is 8.95. The monoisotopic (exact) mass is 402 g/mol. The van der Waals surface area contributed by atoms with Gasteiger partial charge in [-0.15, -0.1) is 11.3 Å². The van der Waals surface area contributed by atoms with Crippen molar-refractivity contribution in [3.05, 3.63) is 83.7 Å². The second kappa shape index (κ2) is 8.16. The fraction of sp³-hybridized carbons (Fsp3) is 0.0435. The van der Waals surface area contributed by atoms with E-state index < -0.39 is 0 Å². The maximum atomic E-state index is 13.1. The van der Waals surface area contributed by atoms with Gasteiger partial charge in [0.25, 0.3) is 5.91 Å². The van der Waals surface area contributed by atoms with E-state index in [2.05, 4.69) is 5.32 Å². The van der Waals surface area contributed by atoms with E-state index in [1.807, 2.05) is 60.7 Å². The fourth-order valence-corrected chi connectivity index (χ4v) is 3.91. The summed E-state index contributed by atoms with van der Waals surface area (Å²) in [7, 11) is 1.47. The Kier molecular flexibility index (Phi) is 5.27. The number of thiazole rings is 1. The molecule has 0 aliphatic rings. The van der Waals surface area contributed by atoms with Gasteiger partial charge in [0, 0.05) is 22.9 Å². The lowest BCUT2D eigenvalue weighted by atomic mass is 10.1. The van der Waals surface area contributed by atoms with Crippen LogP contribution in [0.4, 0.5) is 5.69 Å². The molecule has 6 heteroatoms. The van der Waals surface area contributed by atoms with Gasteiger partial charge >= 0.3 is 0 Å². The molecule has 0 bridgehead atoms. The molecule has 1 amide bonds. The molecule has 29 heavy (non-hydrogen) atoms. The Labute approximate surface area is 172 Å². The Balaban J connectivity index is 1.72. The molecule has 0 unspecified atom stereocenters. The zero-order chi connectivity index (χ0) is 20.2. The normalized spacial score (nSPS) is 10.5. The second-order valence-electron chi connectivity index (χ2n) is 6.27. The number of benzene rings is 3. The third kappa shape index (κ3) is 3.97. The van der Waals surface area contributed by atoms with Crippen LogP contribution in [0.3, 0.4) is 0 Å². The minimum absolute atomic E-state index is 0.0390. The molecular formula is C23H18N2O3S. The Morgan fingerprint density at radius 2 is 1.62 bits per heavy atom. The molecule has 3 aromatic carbocycles. The van der Waals surface area contributed by atoms with Gasteiger partial charge in [0.05, 0.1) is 12.8 Å². The van der Waals surface area contributed by atoms with E-state index in [4.69, 9.17) is 9.72 Å². The molecule has 0 spiro atoms.